The molecular formula is C11H22N2O5. The van der Waals surface area contributed by atoms with Crippen molar-refractivity contribution in [2.24, 2.45) is 0 Å². The van der Waals surface area contributed by atoms with E-state index in [-0.39, 0.29) is 18.6 Å². The molecule has 0 spiro atoms. The highest BCUT2D eigenvalue weighted by atomic mass is 16.5. The number of nitrogens with zero attached hydrogens (tertiary/aromatic N) is 1. The molecule has 0 rings (SSSR count). The van der Waals surface area contributed by atoms with E-state index in [0.717, 1.165) is 0 Å². The Kier molecular flexibility index (Phi) is 8.06. The summed E-state index contributed by atoms with van der Waals surface area (Å²) >= 11 is 0. The molecule has 0 saturated heterocycles. The number of rotatable bonds is 8. The summed E-state index contributed by atoms with van der Waals surface area (Å²) < 4.78 is 9.64. The Hall–Kier alpha value is -1.34. The van der Waals surface area contributed by atoms with E-state index < -0.39 is 12.1 Å². The van der Waals surface area contributed by atoms with Crippen molar-refractivity contribution in [3.05, 3.63) is 0 Å². The predicted octanol–water partition coefficient (Wildman–Crippen LogP) is 0.152. The van der Waals surface area contributed by atoms with Gasteiger partial charge in [0.2, 0.25) is 0 Å². The Morgan fingerprint density at radius 3 is 2.33 bits per heavy atom. The Morgan fingerprint density at radius 1 is 1.33 bits per heavy atom. The molecule has 2 N–H and O–H groups in total. The normalized spacial score (nSPS) is 12.3. The lowest BCUT2D eigenvalue weighted by atomic mass is 10.3. The van der Waals surface area contributed by atoms with Gasteiger partial charge < -0.3 is 24.8 Å². The van der Waals surface area contributed by atoms with Crippen LogP contribution in [-0.4, -0.2) is 68.1 Å². The van der Waals surface area contributed by atoms with E-state index >= 15 is 0 Å². The number of urea groups is 1. The van der Waals surface area contributed by atoms with Gasteiger partial charge in [-0.3, -0.25) is 0 Å². The Bertz CT molecular complexity index is 270. The number of carboxylic acid groups (broad SMARTS) is 1. The summed E-state index contributed by atoms with van der Waals surface area (Å²) in [6.07, 6.45) is -1.04. The van der Waals surface area contributed by atoms with Gasteiger partial charge in [-0.1, -0.05) is 0 Å². The molecule has 0 radical (unpaired) electrons. The summed E-state index contributed by atoms with van der Waals surface area (Å²) in [7, 11) is 2.85. The molecule has 1 atom stereocenters. The van der Waals surface area contributed by atoms with Crippen molar-refractivity contribution in [1.29, 1.82) is 0 Å². The molecule has 0 aromatic carbocycles. The third-order valence-electron chi connectivity index (χ3n) is 2.42. The lowest BCUT2D eigenvalue weighted by Gasteiger charge is -2.27. The van der Waals surface area contributed by atoms with Gasteiger partial charge in [0.1, 0.15) is 0 Å². The Morgan fingerprint density at radius 2 is 1.94 bits per heavy atom. The molecule has 1 unspecified atom stereocenters. The molecule has 0 aromatic rings. The van der Waals surface area contributed by atoms with E-state index in [4.69, 9.17) is 14.6 Å². The average molecular weight is 262 g/mol. The van der Waals surface area contributed by atoms with Crippen molar-refractivity contribution in [2.75, 3.05) is 33.9 Å². The molecule has 0 bridgehead atoms. The lowest BCUT2D eigenvalue weighted by molar-refractivity contribution is -0.148. The first-order valence-corrected chi connectivity index (χ1v) is 5.73. The largest absolute Gasteiger partial charge is 0.479 e. The topological polar surface area (TPSA) is 88.1 Å². The summed E-state index contributed by atoms with van der Waals surface area (Å²) in [5.41, 5.74) is 0. The highest BCUT2D eigenvalue weighted by Crippen LogP contribution is 1.99. The summed E-state index contributed by atoms with van der Waals surface area (Å²) in [4.78, 5) is 24.1. The SMILES string of the molecule is COCCN(C(=O)NCC(OC)C(=O)O)C(C)C. The van der Waals surface area contributed by atoms with Gasteiger partial charge in [-0.15, -0.1) is 0 Å². The monoisotopic (exact) mass is 262 g/mol. The molecule has 0 aliphatic rings. The van der Waals surface area contributed by atoms with E-state index in [1.807, 2.05) is 13.8 Å². The highest BCUT2D eigenvalue weighted by molar-refractivity contribution is 5.77. The molecule has 18 heavy (non-hydrogen) atoms. The van der Waals surface area contributed by atoms with Crippen LogP contribution in [0.1, 0.15) is 13.8 Å². The smallest absolute Gasteiger partial charge is 0.334 e. The molecule has 7 nitrogen and oxygen atoms in total. The molecule has 2 amide bonds. The minimum absolute atomic E-state index is 0.00553. The second-order valence-corrected chi connectivity index (χ2v) is 4.03. The molecule has 106 valence electrons. The van der Waals surface area contributed by atoms with Gasteiger partial charge in [0.15, 0.2) is 6.10 Å². The van der Waals surface area contributed by atoms with Crippen molar-refractivity contribution in [2.45, 2.75) is 26.0 Å². The van der Waals surface area contributed by atoms with Gasteiger partial charge >= 0.3 is 12.0 Å². The zero-order valence-electron chi connectivity index (χ0n) is 11.3. The number of methoxy groups -OCH3 is 2. The number of hydrogen-bond acceptors (Lipinski definition) is 4. The van der Waals surface area contributed by atoms with Gasteiger partial charge in [-0.05, 0) is 13.8 Å². The zero-order chi connectivity index (χ0) is 14.1. The number of nitrogens with one attached hydrogen (secondary N) is 1. The minimum atomic E-state index is -1.11. The second-order valence-electron chi connectivity index (χ2n) is 4.03. The highest BCUT2D eigenvalue weighted by Gasteiger charge is 2.21. The van der Waals surface area contributed by atoms with Gasteiger partial charge in [0, 0.05) is 26.8 Å². The quantitative estimate of drug-likeness (QED) is 0.650. The van der Waals surface area contributed by atoms with Gasteiger partial charge in [-0.25, -0.2) is 9.59 Å². The third-order valence-corrected chi connectivity index (χ3v) is 2.42. The molecule has 7 heteroatoms. The molecule has 0 fully saturated rings. The number of amides is 2. The van der Waals surface area contributed by atoms with Crippen molar-refractivity contribution in [1.82, 2.24) is 10.2 Å². The maximum absolute atomic E-state index is 11.8. The third kappa shape index (κ3) is 5.83. The fraction of sp³-hybridized carbons (Fsp3) is 0.818. The van der Waals surface area contributed by atoms with E-state index in [0.29, 0.717) is 13.2 Å². The average Bonchev–Trinajstić information content (AvgIpc) is 2.29. The zero-order valence-corrected chi connectivity index (χ0v) is 11.3. The number of carbonyl (C=O) groups excluding carboxylic acids is 1. The fourth-order valence-electron chi connectivity index (χ4n) is 1.34. The predicted molar refractivity (Wildman–Crippen MR) is 65.5 cm³/mol. The first-order valence-electron chi connectivity index (χ1n) is 5.73. The molecule has 0 aliphatic heterocycles. The molecule has 0 saturated carbocycles. The van der Waals surface area contributed by atoms with Crippen LogP contribution in [-0.2, 0) is 14.3 Å². The van der Waals surface area contributed by atoms with Crippen molar-refractivity contribution in [3.8, 4) is 0 Å². The van der Waals surface area contributed by atoms with Crippen LogP contribution < -0.4 is 5.32 Å². The fourth-order valence-corrected chi connectivity index (χ4v) is 1.34. The number of carbonyl (C=O) groups is 2. The summed E-state index contributed by atoms with van der Waals surface area (Å²) in [6.45, 7) is 4.56. The van der Waals surface area contributed by atoms with Crippen LogP contribution >= 0.6 is 0 Å². The van der Waals surface area contributed by atoms with Crippen LogP contribution in [0.3, 0.4) is 0 Å². The van der Waals surface area contributed by atoms with E-state index in [1.165, 1.54) is 7.11 Å². The maximum atomic E-state index is 11.8. The van der Waals surface area contributed by atoms with Crippen molar-refractivity contribution >= 4 is 12.0 Å². The summed E-state index contributed by atoms with van der Waals surface area (Å²) in [6, 6.07) is -0.323. The Balaban J connectivity index is 4.29. The van der Waals surface area contributed by atoms with Gasteiger partial charge in [0.25, 0.3) is 0 Å². The number of ether oxygens (including phenoxy) is 2. The lowest BCUT2D eigenvalue weighted by Crippen LogP contribution is -2.48. The van der Waals surface area contributed by atoms with Gasteiger partial charge in [0.05, 0.1) is 13.2 Å². The first kappa shape index (κ1) is 16.7. The van der Waals surface area contributed by atoms with Crippen LogP contribution in [0.25, 0.3) is 0 Å². The van der Waals surface area contributed by atoms with E-state index in [2.05, 4.69) is 5.32 Å². The molecule has 0 heterocycles. The van der Waals surface area contributed by atoms with Crippen LogP contribution in [0.2, 0.25) is 0 Å². The minimum Gasteiger partial charge on any atom is -0.479 e. The standard InChI is InChI=1S/C11H22N2O5/c1-8(2)13(5-6-17-3)11(16)12-7-9(18-4)10(14)15/h8-9H,5-7H2,1-4H3,(H,12,16)(H,14,15). The van der Waals surface area contributed by atoms with Crippen LogP contribution in [0, 0.1) is 0 Å². The number of carboxylic acids is 1. The van der Waals surface area contributed by atoms with E-state index in [9.17, 15) is 9.59 Å². The van der Waals surface area contributed by atoms with Crippen molar-refractivity contribution in [3.63, 3.8) is 0 Å². The van der Waals surface area contributed by atoms with Crippen LogP contribution in [0.4, 0.5) is 4.79 Å². The molecular weight excluding hydrogens is 240 g/mol. The van der Waals surface area contributed by atoms with E-state index in [1.54, 1.807) is 12.0 Å². The van der Waals surface area contributed by atoms with Gasteiger partial charge in [-0.2, -0.15) is 0 Å². The summed E-state index contributed by atoms with van der Waals surface area (Å²) in [5, 5.41) is 11.3. The first-order chi connectivity index (χ1) is 8.43. The maximum Gasteiger partial charge on any atom is 0.334 e. The molecule has 0 aliphatic carbocycles. The van der Waals surface area contributed by atoms with Crippen molar-refractivity contribution < 1.29 is 24.2 Å². The van der Waals surface area contributed by atoms with Crippen LogP contribution in [0.15, 0.2) is 0 Å². The number of hydrogen-bond donors (Lipinski definition) is 2. The molecule has 0 aromatic heterocycles. The van der Waals surface area contributed by atoms with Crippen LogP contribution in [0.5, 0.6) is 0 Å². The Labute approximate surface area is 107 Å². The summed E-state index contributed by atoms with van der Waals surface area (Å²) in [5.74, 6) is -1.11. The number of aliphatic carboxylic acids is 1. The second kappa shape index (κ2) is 8.71.